The van der Waals surface area contributed by atoms with E-state index < -0.39 is 0 Å². The number of hydrogen-bond donors (Lipinski definition) is 2. The molecule has 0 bridgehead atoms. The lowest BCUT2D eigenvalue weighted by Crippen LogP contribution is -2.36. The van der Waals surface area contributed by atoms with Gasteiger partial charge in [-0.25, -0.2) is 9.78 Å². The summed E-state index contributed by atoms with van der Waals surface area (Å²) in [6.07, 6.45) is 5.82. The summed E-state index contributed by atoms with van der Waals surface area (Å²) < 4.78 is 1.85. The molecule has 1 fully saturated rings. The van der Waals surface area contributed by atoms with Crippen LogP contribution in [0, 0.1) is 0 Å². The highest BCUT2D eigenvalue weighted by Gasteiger charge is 2.22. The molecular formula is C12H13ClN4O. The summed E-state index contributed by atoms with van der Waals surface area (Å²) in [4.78, 5) is 15.8. The molecule has 2 N–H and O–H groups in total. The average molecular weight is 265 g/mol. The molecule has 3 rings (SSSR count). The Hall–Kier alpha value is -1.75. The van der Waals surface area contributed by atoms with Crippen LogP contribution in [-0.4, -0.2) is 21.5 Å². The number of urea groups is 1. The maximum absolute atomic E-state index is 11.5. The maximum atomic E-state index is 11.5. The lowest BCUT2D eigenvalue weighted by atomic mass is 10.5. The van der Waals surface area contributed by atoms with Crippen molar-refractivity contribution in [3.8, 4) is 0 Å². The zero-order valence-electron chi connectivity index (χ0n) is 9.69. The van der Waals surface area contributed by atoms with E-state index in [2.05, 4.69) is 15.6 Å². The molecule has 1 aliphatic rings. The standard InChI is InChI=1S/C12H13ClN4O/c13-8-1-4-11-15-10(7-17(11)6-8)5-14-12(18)16-9-2-3-9/h1,4,6-7,9H,2-3,5H2,(H2,14,16,18). The van der Waals surface area contributed by atoms with Gasteiger partial charge in [0.25, 0.3) is 0 Å². The second-order valence-corrected chi connectivity index (χ2v) is 4.88. The molecule has 0 aromatic carbocycles. The van der Waals surface area contributed by atoms with Crippen LogP contribution in [-0.2, 0) is 6.54 Å². The molecule has 0 atom stereocenters. The number of halogens is 1. The first kappa shape index (κ1) is 11.3. The van der Waals surface area contributed by atoms with E-state index >= 15 is 0 Å². The fraction of sp³-hybridized carbons (Fsp3) is 0.333. The Morgan fingerprint density at radius 2 is 2.28 bits per heavy atom. The number of aromatic nitrogens is 2. The number of imidazole rings is 1. The molecule has 1 saturated carbocycles. The third-order valence-electron chi connectivity index (χ3n) is 2.81. The molecule has 5 nitrogen and oxygen atoms in total. The van der Waals surface area contributed by atoms with Crippen molar-refractivity contribution >= 4 is 23.3 Å². The molecule has 2 amide bonds. The van der Waals surface area contributed by atoms with Gasteiger partial charge in [0, 0.05) is 18.4 Å². The minimum atomic E-state index is -0.132. The number of carbonyl (C=O) groups excluding carboxylic acids is 1. The number of pyridine rings is 1. The molecule has 1 aliphatic carbocycles. The maximum Gasteiger partial charge on any atom is 0.315 e. The fourth-order valence-electron chi connectivity index (χ4n) is 1.74. The molecule has 0 unspecified atom stereocenters. The van der Waals surface area contributed by atoms with Crippen LogP contribution in [0.15, 0.2) is 24.5 Å². The number of carbonyl (C=O) groups is 1. The summed E-state index contributed by atoms with van der Waals surface area (Å²) in [5.41, 5.74) is 1.63. The lowest BCUT2D eigenvalue weighted by molar-refractivity contribution is 0.240. The van der Waals surface area contributed by atoms with E-state index in [0.717, 1.165) is 24.2 Å². The third kappa shape index (κ3) is 2.56. The summed E-state index contributed by atoms with van der Waals surface area (Å²) in [6, 6.07) is 3.87. The Morgan fingerprint density at radius 1 is 1.44 bits per heavy atom. The number of nitrogens with one attached hydrogen (secondary N) is 2. The average Bonchev–Trinajstić information content (AvgIpc) is 3.04. The second-order valence-electron chi connectivity index (χ2n) is 4.45. The monoisotopic (exact) mass is 264 g/mol. The van der Waals surface area contributed by atoms with Crippen molar-refractivity contribution in [1.82, 2.24) is 20.0 Å². The number of nitrogens with zero attached hydrogens (tertiary/aromatic N) is 2. The van der Waals surface area contributed by atoms with Gasteiger partial charge in [0.05, 0.1) is 17.3 Å². The molecule has 0 radical (unpaired) electrons. The van der Waals surface area contributed by atoms with Crippen molar-refractivity contribution in [1.29, 1.82) is 0 Å². The number of hydrogen-bond acceptors (Lipinski definition) is 2. The first-order chi connectivity index (χ1) is 8.70. The first-order valence-corrected chi connectivity index (χ1v) is 6.26. The van der Waals surface area contributed by atoms with Gasteiger partial charge in [-0.3, -0.25) is 0 Å². The summed E-state index contributed by atoms with van der Waals surface area (Å²) in [6.45, 7) is 0.415. The molecule has 0 spiro atoms. The molecular weight excluding hydrogens is 252 g/mol. The van der Waals surface area contributed by atoms with Crippen LogP contribution in [0.25, 0.3) is 5.65 Å². The zero-order chi connectivity index (χ0) is 12.5. The van der Waals surface area contributed by atoms with Crippen molar-refractivity contribution in [2.75, 3.05) is 0 Å². The van der Waals surface area contributed by atoms with Crippen LogP contribution in [0.3, 0.4) is 0 Å². The zero-order valence-corrected chi connectivity index (χ0v) is 10.4. The van der Waals surface area contributed by atoms with Crippen LogP contribution in [0.1, 0.15) is 18.5 Å². The molecule has 0 aliphatic heterocycles. The van der Waals surface area contributed by atoms with Gasteiger partial charge < -0.3 is 15.0 Å². The van der Waals surface area contributed by atoms with Gasteiger partial charge in [-0.05, 0) is 25.0 Å². The van der Waals surface area contributed by atoms with Crippen molar-refractivity contribution in [2.24, 2.45) is 0 Å². The SMILES string of the molecule is O=C(NCc1cn2cc(Cl)ccc2n1)NC1CC1. The molecule has 0 saturated heterocycles. The van der Waals surface area contributed by atoms with Crippen molar-refractivity contribution in [3.63, 3.8) is 0 Å². The van der Waals surface area contributed by atoms with E-state index in [1.54, 1.807) is 12.3 Å². The number of rotatable bonds is 3. The Labute approximate surface area is 109 Å². The van der Waals surface area contributed by atoms with E-state index in [9.17, 15) is 4.79 Å². The molecule has 18 heavy (non-hydrogen) atoms. The van der Waals surface area contributed by atoms with E-state index in [0.29, 0.717) is 17.6 Å². The Morgan fingerprint density at radius 3 is 3.06 bits per heavy atom. The van der Waals surface area contributed by atoms with Gasteiger partial charge in [-0.2, -0.15) is 0 Å². The Balaban J connectivity index is 1.64. The van der Waals surface area contributed by atoms with Gasteiger partial charge in [-0.15, -0.1) is 0 Å². The minimum Gasteiger partial charge on any atom is -0.335 e. The van der Waals surface area contributed by atoms with Gasteiger partial charge in [0.1, 0.15) is 5.65 Å². The fourth-order valence-corrected chi connectivity index (χ4v) is 1.91. The largest absolute Gasteiger partial charge is 0.335 e. The van der Waals surface area contributed by atoms with Gasteiger partial charge in [0.2, 0.25) is 0 Å². The van der Waals surface area contributed by atoms with E-state index in [1.807, 2.05) is 16.7 Å². The van der Waals surface area contributed by atoms with Crippen LogP contribution in [0.2, 0.25) is 5.02 Å². The highest BCUT2D eigenvalue weighted by molar-refractivity contribution is 6.30. The van der Waals surface area contributed by atoms with E-state index in [4.69, 9.17) is 11.6 Å². The highest BCUT2D eigenvalue weighted by atomic mass is 35.5. The summed E-state index contributed by atoms with van der Waals surface area (Å²) in [5, 5.41) is 6.31. The lowest BCUT2D eigenvalue weighted by Gasteiger charge is -2.03. The highest BCUT2D eigenvalue weighted by Crippen LogP contribution is 2.18. The number of amides is 2. The molecule has 94 valence electrons. The molecule has 2 aromatic rings. The van der Waals surface area contributed by atoms with Crippen molar-refractivity contribution < 1.29 is 4.79 Å². The molecule has 2 aromatic heterocycles. The van der Waals surface area contributed by atoms with Crippen LogP contribution >= 0.6 is 11.6 Å². The van der Waals surface area contributed by atoms with Crippen molar-refractivity contribution in [3.05, 3.63) is 35.2 Å². The van der Waals surface area contributed by atoms with Crippen LogP contribution < -0.4 is 10.6 Å². The summed E-state index contributed by atoms with van der Waals surface area (Å²) >= 11 is 5.89. The predicted octanol–water partition coefficient (Wildman–Crippen LogP) is 1.95. The smallest absolute Gasteiger partial charge is 0.315 e. The minimum absolute atomic E-state index is 0.132. The predicted molar refractivity (Wildman–Crippen MR) is 68.6 cm³/mol. The molecule has 2 heterocycles. The normalized spacial score (nSPS) is 14.7. The quantitative estimate of drug-likeness (QED) is 0.890. The van der Waals surface area contributed by atoms with Crippen molar-refractivity contribution in [2.45, 2.75) is 25.4 Å². The Kier molecular flexibility index (Phi) is 2.83. The third-order valence-corrected chi connectivity index (χ3v) is 3.03. The van der Waals surface area contributed by atoms with Gasteiger partial charge >= 0.3 is 6.03 Å². The second kappa shape index (κ2) is 4.49. The van der Waals surface area contributed by atoms with Crippen LogP contribution in [0.4, 0.5) is 4.79 Å². The van der Waals surface area contributed by atoms with Gasteiger partial charge in [-0.1, -0.05) is 11.6 Å². The summed E-state index contributed by atoms with van der Waals surface area (Å²) in [7, 11) is 0. The van der Waals surface area contributed by atoms with Gasteiger partial charge in [0.15, 0.2) is 0 Å². The van der Waals surface area contributed by atoms with Crippen LogP contribution in [0.5, 0.6) is 0 Å². The Bertz CT molecular complexity index is 591. The van der Waals surface area contributed by atoms with E-state index in [1.165, 1.54) is 0 Å². The molecule has 6 heteroatoms. The van der Waals surface area contributed by atoms with E-state index in [-0.39, 0.29) is 6.03 Å². The topological polar surface area (TPSA) is 58.4 Å². The number of fused-ring (bicyclic) bond motifs is 1. The first-order valence-electron chi connectivity index (χ1n) is 5.88. The summed E-state index contributed by atoms with van der Waals surface area (Å²) in [5.74, 6) is 0.